The number of methoxy groups -OCH3 is 1. The van der Waals surface area contributed by atoms with Gasteiger partial charge < -0.3 is 13.9 Å². The largest absolute Gasteiger partial charge is 0.493 e. The standard InChI is InChI=1S/C22H20ClF3N2O3/c1-13-3-4-17(31-13)12-28-5-6-30-21-15(11-28)7-14(8-19(21)29-2)20-18(23)9-16(10-27-20)22(24,25)26/h3-4,7-10H,5-6,11-12H2,1-2H3. The van der Waals surface area contributed by atoms with Crippen molar-refractivity contribution in [1.82, 2.24) is 9.88 Å². The van der Waals surface area contributed by atoms with Crippen LogP contribution in [0.25, 0.3) is 11.3 Å². The number of nitrogens with zero attached hydrogens (tertiary/aromatic N) is 2. The van der Waals surface area contributed by atoms with Crippen molar-refractivity contribution in [3.05, 3.63) is 64.2 Å². The van der Waals surface area contributed by atoms with E-state index < -0.39 is 11.7 Å². The number of rotatable bonds is 4. The van der Waals surface area contributed by atoms with Crippen molar-refractivity contribution in [3.8, 4) is 22.8 Å². The van der Waals surface area contributed by atoms with Gasteiger partial charge in [0.25, 0.3) is 0 Å². The molecular formula is C22H20ClF3N2O3. The molecule has 2 aromatic heterocycles. The normalized spacial score (nSPS) is 14.6. The van der Waals surface area contributed by atoms with E-state index in [4.69, 9.17) is 25.5 Å². The minimum absolute atomic E-state index is 0.0886. The van der Waals surface area contributed by atoms with Crippen molar-refractivity contribution in [2.24, 2.45) is 0 Å². The zero-order chi connectivity index (χ0) is 22.2. The Morgan fingerprint density at radius 2 is 2.03 bits per heavy atom. The zero-order valence-electron chi connectivity index (χ0n) is 16.9. The predicted molar refractivity (Wildman–Crippen MR) is 109 cm³/mol. The lowest BCUT2D eigenvalue weighted by atomic mass is 10.0. The van der Waals surface area contributed by atoms with E-state index in [0.29, 0.717) is 43.3 Å². The van der Waals surface area contributed by atoms with Crippen molar-refractivity contribution in [3.63, 3.8) is 0 Å². The molecule has 164 valence electrons. The first-order valence-corrected chi connectivity index (χ1v) is 9.97. The number of ether oxygens (including phenoxy) is 2. The molecule has 0 unspecified atom stereocenters. The highest BCUT2D eigenvalue weighted by atomic mass is 35.5. The molecule has 0 atom stereocenters. The maximum Gasteiger partial charge on any atom is 0.417 e. The summed E-state index contributed by atoms with van der Waals surface area (Å²) < 4.78 is 56.0. The average molecular weight is 453 g/mol. The molecule has 1 aliphatic heterocycles. The second-order valence-electron chi connectivity index (χ2n) is 7.29. The number of alkyl halides is 3. The lowest BCUT2D eigenvalue weighted by Crippen LogP contribution is -2.25. The van der Waals surface area contributed by atoms with Crippen molar-refractivity contribution < 1.29 is 27.1 Å². The predicted octanol–water partition coefficient (Wildman–Crippen LogP) is 5.73. The van der Waals surface area contributed by atoms with Gasteiger partial charge in [0, 0.05) is 30.4 Å². The quantitative estimate of drug-likeness (QED) is 0.506. The van der Waals surface area contributed by atoms with E-state index in [2.05, 4.69) is 9.88 Å². The van der Waals surface area contributed by atoms with Crippen molar-refractivity contribution in [2.75, 3.05) is 20.3 Å². The number of pyridine rings is 1. The topological polar surface area (TPSA) is 47.7 Å². The fraction of sp³-hybridized carbons (Fsp3) is 0.318. The third-order valence-electron chi connectivity index (χ3n) is 5.02. The molecule has 0 saturated carbocycles. The lowest BCUT2D eigenvalue weighted by Gasteiger charge is -2.18. The smallest absolute Gasteiger partial charge is 0.417 e. The van der Waals surface area contributed by atoms with Gasteiger partial charge in [-0.1, -0.05) is 11.6 Å². The van der Waals surface area contributed by atoms with Crippen LogP contribution in [0.4, 0.5) is 13.2 Å². The first-order chi connectivity index (χ1) is 14.7. The number of aryl methyl sites for hydroxylation is 1. The summed E-state index contributed by atoms with van der Waals surface area (Å²) in [7, 11) is 1.51. The number of hydrogen-bond acceptors (Lipinski definition) is 5. The number of hydrogen-bond donors (Lipinski definition) is 0. The molecule has 0 N–H and O–H groups in total. The average Bonchev–Trinajstić information content (AvgIpc) is 3.00. The van der Waals surface area contributed by atoms with Gasteiger partial charge in [0.2, 0.25) is 0 Å². The highest BCUT2D eigenvalue weighted by molar-refractivity contribution is 6.33. The first kappa shape index (κ1) is 21.5. The monoisotopic (exact) mass is 452 g/mol. The summed E-state index contributed by atoms with van der Waals surface area (Å²) in [6.07, 6.45) is -3.74. The summed E-state index contributed by atoms with van der Waals surface area (Å²) in [6, 6.07) is 8.23. The number of halogens is 4. The fourth-order valence-corrected chi connectivity index (χ4v) is 3.83. The molecular weight excluding hydrogens is 433 g/mol. The number of aromatic nitrogens is 1. The van der Waals surface area contributed by atoms with E-state index in [-0.39, 0.29) is 10.7 Å². The van der Waals surface area contributed by atoms with E-state index in [0.717, 1.165) is 29.3 Å². The van der Waals surface area contributed by atoms with Crippen LogP contribution in [0.5, 0.6) is 11.5 Å². The van der Waals surface area contributed by atoms with Crippen LogP contribution in [0.1, 0.15) is 22.6 Å². The fourth-order valence-electron chi connectivity index (χ4n) is 3.56. The van der Waals surface area contributed by atoms with Gasteiger partial charge in [-0.05, 0) is 37.3 Å². The Hall–Kier alpha value is -2.71. The van der Waals surface area contributed by atoms with E-state index in [1.807, 2.05) is 25.1 Å². The Labute approximate surface area is 182 Å². The minimum Gasteiger partial charge on any atom is -0.493 e. The van der Waals surface area contributed by atoms with Gasteiger partial charge in [-0.2, -0.15) is 13.2 Å². The molecule has 0 saturated heterocycles. The van der Waals surface area contributed by atoms with Gasteiger partial charge in [-0.3, -0.25) is 9.88 Å². The Kier molecular flexibility index (Phi) is 5.85. The van der Waals surface area contributed by atoms with Crippen LogP contribution in [-0.2, 0) is 19.3 Å². The van der Waals surface area contributed by atoms with Crippen LogP contribution in [0, 0.1) is 6.92 Å². The van der Waals surface area contributed by atoms with E-state index in [9.17, 15) is 13.2 Å². The van der Waals surface area contributed by atoms with E-state index >= 15 is 0 Å². The summed E-state index contributed by atoms with van der Waals surface area (Å²) in [5, 5.41) is -0.0886. The first-order valence-electron chi connectivity index (χ1n) is 9.59. The Morgan fingerprint density at radius 1 is 1.23 bits per heavy atom. The number of benzene rings is 1. The van der Waals surface area contributed by atoms with Gasteiger partial charge in [-0.25, -0.2) is 0 Å². The zero-order valence-corrected chi connectivity index (χ0v) is 17.7. The van der Waals surface area contributed by atoms with Gasteiger partial charge in [0.15, 0.2) is 11.5 Å². The molecule has 4 rings (SSSR count). The summed E-state index contributed by atoms with van der Waals surface area (Å²) in [5.74, 6) is 2.76. The molecule has 0 amide bonds. The minimum atomic E-state index is -4.51. The van der Waals surface area contributed by atoms with E-state index in [1.54, 1.807) is 6.07 Å². The van der Waals surface area contributed by atoms with Crippen LogP contribution in [0.3, 0.4) is 0 Å². The molecule has 0 aliphatic carbocycles. The molecule has 5 nitrogen and oxygen atoms in total. The second-order valence-corrected chi connectivity index (χ2v) is 7.70. The van der Waals surface area contributed by atoms with Crippen molar-refractivity contribution in [2.45, 2.75) is 26.2 Å². The van der Waals surface area contributed by atoms with Crippen LogP contribution < -0.4 is 9.47 Å². The third kappa shape index (κ3) is 4.65. The molecule has 1 aliphatic rings. The summed E-state index contributed by atoms with van der Waals surface area (Å²) in [4.78, 5) is 6.14. The molecule has 0 radical (unpaired) electrons. The molecule has 9 heteroatoms. The van der Waals surface area contributed by atoms with Crippen LogP contribution in [-0.4, -0.2) is 30.1 Å². The Bertz CT molecular complexity index is 1100. The van der Waals surface area contributed by atoms with E-state index in [1.165, 1.54) is 7.11 Å². The van der Waals surface area contributed by atoms with Gasteiger partial charge in [-0.15, -0.1) is 0 Å². The van der Waals surface area contributed by atoms with Gasteiger partial charge in [0.05, 0.1) is 29.9 Å². The van der Waals surface area contributed by atoms with Crippen LogP contribution in [0.15, 0.2) is 40.9 Å². The van der Waals surface area contributed by atoms with Crippen molar-refractivity contribution in [1.29, 1.82) is 0 Å². The highest BCUT2D eigenvalue weighted by Crippen LogP contribution is 2.40. The van der Waals surface area contributed by atoms with Crippen LogP contribution >= 0.6 is 11.6 Å². The van der Waals surface area contributed by atoms with Gasteiger partial charge in [0.1, 0.15) is 18.1 Å². The number of furan rings is 1. The highest BCUT2D eigenvalue weighted by Gasteiger charge is 2.32. The molecule has 1 aromatic carbocycles. The summed E-state index contributed by atoms with van der Waals surface area (Å²) >= 11 is 6.16. The molecule has 0 bridgehead atoms. The Balaban J connectivity index is 1.69. The second kappa shape index (κ2) is 8.43. The molecule has 0 fully saturated rings. The van der Waals surface area contributed by atoms with Crippen molar-refractivity contribution >= 4 is 11.6 Å². The molecule has 31 heavy (non-hydrogen) atoms. The lowest BCUT2D eigenvalue weighted by molar-refractivity contribution is -0.137. The van der Waals surface area contributed by atoms with Gasteiger partial charge >= 0.3 is 6.18 Å². The number of fused-ring (bicyclic) bond motifs is 1. The Morgan fingerprint density at radius 3 is 2.68 bits per heavy atom. The SMILES string of the molecule is COc1cc(-c2ncc(C(F)(F)F)cc2Cl)cc2c1OCCN(Cc1ccc(C)o1)C2. The summed E-state index contributed by atoms with van der Waals surface area (Å²) in [6.45, 7) is 4.16. The van der Waals surface area contributed by atoms with Crippen LogP contribution in [0.2, 0.25) is 5.02 Å². The maximum atomic E-state index is 13.0. The maximum absolute atomic E-state index is 13.0. The molecule has 3 heterocycles. The third-order valence-corrected chi connectivity index (χ3v) is 5.31. The summed E-state index contributed by atoms with van der Waals surface area (Å²) in [5.41, 5.74) is 0.723. The molecule has 3 aromatic rings. The molecule has 0 spiro atoms.